The van der Waals surface area contributed by atoms with Crippen LogP contribution in [0.15, 0.2) is 42.7 Å². The first-order chi connectivity index (χ1) is 10.8. The van der Waals surface area contributed by atoms with Crippen LogP contribution in [0.3, 0.4) is 0 Å². The molecule has 0 bridgehead atoms. The summed E-state index contributed by atoms with van der Waals surface area (Å²) in [4.78, 5) is 20.8. The Balaban J connectivity index is 1.66. The number of carbonyl (C=O) groups excluding carboxylic acids is 1. The topological polar surface area (TPSA) is 66.9 Å². The van der Waals surface area contributed by atoms with Crippen molar-refractivity contribution in [1.82, 2.24) is 20.6 Å². The summed E-state index contributed by atoms with van der Waals surface area (Å²) in [5.41, 5.74) is 1.93. The molecular formula is C17H20N4O. The molecule has 0 aliphatic carbocycles. The van der Waals surface area contributed by atoms with Gasteiger partial charge in [0.15, 0.2) is 0 Å². The number of pyridine rings is 2. The van der Waals surface area contributed by atoms with Crippen molar-refractivity contribution in [3.8, 4) is 0 Å². The van der Waals surface area contributed by atoms with Gasteiger partial charge in [0.05, 0.1) is 5.69 Å². The molecule has 3 rings (SSSR count). The molecule has 0 amide bonds. The van der Waals surface area contributed by atoms with E-state index in [0.717, 1.165) is 31.6 Å². The largest absolute Gasteiger partial charge is 0.317 e. The zero-order valence-electron chi connectivity index (χ0n) is 12.5. The number of carbonyl (C=O) groups is 1. The van der Waals surface area contributed by atoms with Crippen LogP contribution < -0.4 is 10.6 Å². The molecule has 2 N–H and O–H groups in total. The maximum Gasteiger partial charge on any atom is 0.212 e. The lowest BCUT2D eigenvalue weighted by Crippen LogP contribution is -2.39. The highest BCUT2D eigenvalue weighted by Gasteiger charge is 2.14. The fourth-order valence-electron chi connectivity index (χ4n) is 2.62. The van der Waals surface area contributed by atoms with E-state index in [0.29, 0.717) is 23.8 Å². The molecule has 0 spiro atoms. The molecule has 0 unspecified atom stereocenters. The Morgan fingerprint density at radius 3 is 2.86 bits per heavy atom. The normalized spacial score (nSPS) is 15.6. The highest BCUT2D eigenvalue weighted by Crippen LogP contribution is 2.08. The molecule has 0 atom stereocenters. The van der Waals surface area contributed by atoms with E-state index in [9.17, 15) is 4.79 Å². The van der Waals surface area contributed by atoms with Crippen LogP contribution in [0.4, 0.5) is 0 Å². The minimum absolute atomic E-state index is 0.0863. The quantitative estimate of drug-likeness (QED) is 0.820. The molecule has 3 heterocycles. The van der Waals surface area contributed by atoms with Crippen LogP contribution in [0.1, 0.15) is 34.6 Å². The summed E-state index contributed by atoms with van der Waals surface area (Å²) in [6.45, 7) is 2.81. The first-order valence-electron chi connectivity index (χ1n) is 7.68. The summed E-state index contributed by atoms with van der Waals surface area (Å²) < 4.78 is 0. The lowest BCUT2D eigenvalue weighted by molar-refractivity contribution is 0.103. The maximum atomic E-state index is 12.4. The smallest absolute Gasteiger partial charge is 0.212 e. The van der Waals surface area contributed by atoms with E-state index in [-0.39, 0.29) is 5.78 Å². The minimum atomic E-state index is -0.0863. The van der Waals surface area contributed by atoms with Crippen molar-refractivity contribution < 1.29 is 4.79 Å². The van der Waals surface area contributed by atoms with E-state index in [2.05, 4.69) is 20.6 Å². The molecule has 1 aliphatic heterocycles. The Morgan fingerprint density at radius 2 is 2.09 bits per heavy atom. The van der Waals surface area contributed by atoms with E-state index in [1.165, 1.54) is 0 Å². The third-order valence-electron chi connectivity index (χ3n) is 3.87. The van der Waals surface area contributed by atoms with E-state index in [1.54, 1.807) is 30.6 Å². The highest BCUT2D eigenvalue weighted by molar-refractivity contribution is 6.07. The Morgan fingerprint density at radius 1 is 1.23 bits per heavy atom. The van der Waals surface area contributed by atoms with Crippen LogP contribution in [-0.4, -0.2) is 34.9 Å². The Hall–Kier alpha value is -2.11. The van der Waals surface area contributed by atoms with Crippen molar-refractivity contribution >= 4 is 5.78 Å². The molecule has 0 radical (unpaired) electrons. The third-order valence-corrected chi connectivity index (χ3v) is 3.87. The lowest BCUT2D eigenvalue weighted by Gasteiger charge is -2.23. The first-order valence-corrected chi connectivity index (χ1v) is 7.68. The molecule has 2 aromatic heterocycles. The fourth-order valence-corrected chi connectivity index (χ4v) is 2.62. The van der Waals surface area contributed by atoms with Crippen molar-refractivity contribution in [2.24, 2.45) is 0 Å². The fraction of sp³-hybridized carbons (Fsp3) is 0.353. The summed E-state index contributed by atoms with van der Waals surface area (Å²) in [6.07, 6.45) is 5.50. The number of ketones is 1. The van der Waals surface area contributed by atoms with Crippen molar-refractivity contribution in [3.05, 3.63) is 59.7 Å². The van der Waals surface area contributed by atoms with Crippen molar-refractivity contribution in [3.63, 3.8) is 0 Å². The highest BCUT2D eigenvalue weighted by atomic mass is 16.1. The number of nitrogens with one attached hydrogen (secondary N) is 2. The Bertz CT molecular complexity index is 624. The number of hydrogen-bond acceptors (Lipinski definition) is 5. The minimum Gasteiger partial charge on any atom is -0.317 e. The summed E-state index contributed by atoms with van der Waals surface area (Å²) in [5, 5.41) is 6.87. The monoisotopic (exact) mass is 296 g/mol. The molecule has 5 heteroatoms. The molecule has 114 valence electrons. The van der Waals surface area contributed by atoms with E-state index in [4.69, 9.17) is 0 Å². The van der Waals surface area contributed by atoms with Crippen molar-refractivity contribution in [2.45, 2.75) is 25.4 Å². The standard InChI is InChI=1S/C17H20N4O/c22-17(13-3-2-8-19-11-13)16-5-1-4-15(21-16)12-20-14-6-9-18-10-7-14/h1-5,8,11,14,18,20H,6-7,9-10,12H2. The predicted molar refractivity (Wildman–Crippen MR) is 84.6 cm³/mol. The van der Waals surface area contributed by atoms with Gasteiger partial charge in [0.2, 0.25) is 5.78 Å². The number of piperidine rings is 1. The maximum absolute atomic E-state index is 12.4. The molecule has 5 nitrogen and oxygen atoms in total. The second kappa shape index (κ2) is 7.24. The molecule has 1 fully saturated rings. The van der Waals surface area contributed by atoms with Gasteiger partial charge < -0.3 is 10.6 Å². The summed E-state index contributed by atoms with van der Waals surface area (Å²) in [6, 6.07) is 9.64. The molecule has 0 saturated carbocycles. The second-order valence-corrected chi connectivity index (χ2v) is 5.49. The van der Waals surface area contributed by atoms with Crippen LogP contribution in [0.25, 0.3) is 0 Å². The van der Waals surface area contributed by atoms with Crippen molar-refractivity contribution in [1.29, 1.82) is 0 Å². The number of hydrogen-bond donors (Lipinski definition) is 2. The third kappa shape index (κ3) is 3.75. The average Bonchev–Trinajstić information content (AvgIpc) is 2.61. The van der Waals surface area contributed by atoms with E-state index >= 15 is 0 Å². The lowest BCUT2D eigenvalue weighted by atomic mass is 10.1. The van der Waals surface area contributed by atoms with Gasteiger partial charge in [-0.1, -0.05) is 6.07 Å². The molecule has 1 saturated heterocycles. The Kier molecular flexibility index (Phi) is 4.88. The van der Waals surface area contributed by atoms with Gasteiger partial charge in [-0.25, -0.2) is 4.98 Å². The number of aromatic nitrogens is 2. The van der Waals surface area contributed by atoms with Crippen molar-refractivity contribution in [2.75, 3.05) is 13.1 Å². The second-order valence-electron chi connectivity index (χ2n) is 5.49. The van der Waals surface area contributed by atoms with E-state index < -0.39 is 0 Å². The average molecular weight is 296 g/mol. The molecule has 1 aliphatic rings. The van der Waals surface area contributed by atoms with E-state index in [1.807, 2.05) is 12.1 Å². The van der Waals surface area contributed by atoms with Gasteiger partial charge in [-0.05, 0) is 50.2 Å². The first kappa shape index (κ1) is 14.8. The van der Waals surface area contributed by atoms with Crippen LogP contribution >= 0.6 is 0 Å². The zero-order valence-corrected chi connectivity index (χ0v) is 12.5. The zero-order chi connectivity index (χ0) is 15.2. The summed E-state index contributed by atoms with van der Waals surface area (Å²) in [5.74, 6) is -0.0863. The van der Waals surface area contributed by atoms with Crippen LogP contribution in [0.2, 0.25) is 0 Å². The number of nitrogens with zero attached hydrogens (tertiary/aromatic N) is 2. The molecule has 2 aromatic rings. The van der Waals surface area contributed by atoms with Gasteiger partial charge in [-0.15, -0.1) is 0 Å². The van der Waals surface area contributed by atoms with Crippen LogP contribution in [-0.2, 0) is 6.54 Å². The Labute approximate surface area is 130 Å². The van der Waals surface area contributed by atoms with Crippen LogP contribution in [0, 0.1) is 0 Å². The van der Waals surface area contributed by atoms with Crippen LogP contribution in [0.5, 0.6) is 0 Å². The molecule has 22 heavy (non-hydrogen) atoms. The van der Waals surface area contributed by atoms with Gasteiger partial charge in [-0.2, -0.15) is 0 Å². The summed E-state index contributed by atoms with van der Waals surface area (Å²) >= 11 is 0. The molecule has 0 aromatic carbocycles. The van der Waals surface area contributed by atoms with Gasteiger partial charge in [0, 0.05) is 30.5 Å². The van der Waals surface area contributed by atoms with Gasteiger partial charge in [0.25, 0.3) is 0 Å². The predicted octanol–water partition coefficient (Wildman–Crippen LogP) is 1.55. The molecular weight excluding hydrogens is 276 g/mol. The summed E-state index contributed by atoms with van der Waals surface area (Å²) in [7, 11) is 0. The van der Waals surface area contributed by atoms with Gasteiger partial charge in [0.1, 0.15) is 5.69 Å². The number of rotatable bonds is 5. The SMILES string of the molecule is O=C(c1cccnc1)c1cccc(CNC2CCNCC2)n1. The van der Waals surface area contributed by atoms with Gasteiger partial charge in [-0.3, -0.25) is 9.78 Å². The van der Waals surface area contributed by atoms with Gasteiger partial charge >= 0.3 is 0 Å².